The van der Waals surface area contributed by atoms with E-state index in [9.17, 15) is 0 Å². The zero-order valence-electron chi connectivity index (χ0n) is 37.4. The molecule has 0 aliphatic carbocycles. The first kappa shape index (κ1) is 39.0. The Balaban J connectivity index is 1.15. The molecule has 0 unspecified atom stereocenters. The summed E-state index contributed by atoms with van der Waals surface area (Å²) >= 11 is 0. The lowest BCUT2D eigenvalue weighted by Crippen LogP contribution is -2.04. The fourth-order valence-corrected chi connectivity index (χ4v) is 10.8. The highest BCUT2D eigenvalue weighted by molar-refractivity contribution is 6.23. The highest BCUT2D eigenvalue weighted by atomic mass is 15.0. The second-order valence-corrected chi connectivity index (χ2v) is 17.9. The van der Waals surface area contributed by atoms with Crippen LogP contribution in [0.15, 0.2) is 243 Å². The molecule has 0 N–H and O–H groups in total. The number of aromatic nitrogens is 4. The minimum absolute atomic E-state index is 0.599. The lowest BCUT2D eigenvalue weighted by molar-refractivity contribution is 1.08. The summed E-state index contributed by atoms with van der Waals surface area (Å²) in [5.41, 5.74) is 10.4. The molecular formula is C65H40N4. The van der Waals surface area contributed by atoms with Crippen LogP contribution in [-0.4, -0.2) is 19.5 Å². The fourth-order valence-electron chi connectivity index (χ4n) is 10.8. The molecule has 320 valence electrons. The van der Waals surface area contributed by atoms with E-state index in [1.165, 1.54) is 32.3 Å². The molecule has 69 heavy (non-hydrogen) atoms. The van der Waals surface area contributed by atoms with Crippen molar-refractivity contribution in [2.24, 2.45) is 0 Å². The van der Waals surface area contributed by atoms with Crippen LogP contribution in [0.1, 0.15) is 0 Å². The van der Waals surface area contributed by atoms with Gasteiger partial charge in [0.15, 0.2) is 17.5 Å². The van der Waals surface area contributed by atoms with Gasteiger partial charge in [0, 0.05) is 33.0 Å². The number of hydrogen-bond acceptors (Lipinski definition) is 3. The second-order valence-electron chi connectivity index (χ2n) is 17.9. The predicted octanol–water partition coefficient (Wildman–Crippen LogP) is 17.1. The Labute approximate surface area is 398 Å². The highest BCUT2D eigenvalue weighted by Crippen LogP contribution is 2.46. The van der Waals surface area contributed by atoms with Gasteiger partial charge in [-0.1, -0.05) is 212 Å². The predicted molar refractivity (Wildman–Crippen MR) is 289 cm³/mol. The first-order chi connectivity index (χ1) is 34.2. The van der Waals surface area contributed by atoms with Crippen LogP contribution in [0.3, 0.4) is 0 Å². The van der Waals surface area contributed by atoms with Crippen LogP contribution in [0, 0.1) is 0 Å². The minimum atomic E-state index is 0.599. The standard InChI is InChI=1S/C65H40N4/c1-2-17-44(18-3-1)55-39-57(65-67-63(53-33-15-26-42-20-7-11-29-49(42)53)66-64(68-65)54-34-16-27-43-21-8-12-30-50(43)54)56(52-32-14-25-41-19-6-10-28-48(41)52)40-61(55)69-59-36-35-45-22-9-13-31-51(45)62(59)58-37-46-23-4-5-24-47(46)38-60(58)69/h1-40H. The van der Waals surface area contributed by atoms with Gasteiger partial charge in [-0.2, -0.15) is 0 Å². The van der Waals surface area contributed by atoms with Gasteiger partial charge in [-0.3, -0.25) is 0 Å². The van der Waals surface area contributed by atoms with Gasteiger partial charge < -0.3 is 4.57 Å². The fraction of sp³-hybridized carbons (Fsp3) is 0. The van der Waals surface area contributed by atoms with E-state index in [-0.39, 0.29) is 0 Å². The largest absolute Gasteiger partial charge is 0.309 e. The smallest absolute Gasteiger partial charge is 0.164 e. The molecule has 4 nitrogen and oxygen atoms in total. The Morgan fingerprint density at radius 3 is 1.29 bits per heavy atom. The Bertz CT molecular complexity index is 4260. The van der Waals surface area contributed by atoms with Gasteiger partial charge in [0.1, 0.15) is 0 Å². The van der Waals surface area contributed by atoms with E-state index in [1.807, 2.05) is 0 Å². The summed E-state index contributed by atoms with van der Waals surface area (Å²) in [5, 5.41) is 14.0. The van der Waals surface area contributed by atoms with Crippen molar-refractivity contribution in [1.82, 2.24) is 19.5 Å². The summed E-state index contributed by atoms with van der Waals surface area (Å²) in [6, 6.07) is 87.3. The van der Waals surface area contributed by atoms with Gasteiger partial charge in [0.05, 0.1) is 16.7 Å². The first-order valence-corrected chi connectivity index (χ1v) is 23.5. The molecule has 0 radical (unpaired) electrons. The van der Waals surface area contributed by atoms with Crippen molar-refractivity contribution in [3.8, 4) is 62.1 Å². The van der Waals surface area contributed by atoms with Crippen LogP contribution < -0.4 is 0 Å². The molecule has 4 heteroatoms. The summed E-state index contributed by atoms with van der Waals surface area (Å²) < 4.78 is 2.50. The Hall–Kier alpha value is -9.25. The number of rotatable bonds is 6. The molecule has 0 saturated heterocycles. The maximum atomic E-state index is 5.56. The van der Waals surface area contributed by atoms with Gasteiger partial charge in [-0.15, -0.1) is 0 Å². The summed E-state index contributed by atoms with van der Waals surface area (Å²) in [5.74, 6) is 1.84. The van der Waals surface area contributed by atoms with E-state index in [4.69, 9.17) is 15.0 Å². The quantitative estimate of drug-likeness (QED) is 0.167. The number of hydrogen-bond donors (Lipinski definition) is 0. The van der Waals surface area contributed by atoms with Gasteiger partial charge >= 0.3 is 0 Å². The molecule has 0 atom stereocenters. The molecule has 12 aromatic carbocycles. The lowest BCUT2D eigenvalue weighted by Gasteiger charge is -2.21. The molecular weight excluding hydrogens is 837 g/mol. The molecule has 0 aliphatic rings. The van der Waals surface area contributed by atoms with Crippen LogP contribution in [-0.2, 0) is 0 Å². The maximum Gasteiger partial charge on any atom is 0.164 e. The molecule has 0 amide bonds. The Morgan fingerprint density at radius 1 is 0.246 bits per heavy atom. The Morgan fingerprint density at radius 2 is 0.696 bits per heavy atom. The SMILES string of the molecule is c1ccc(-c2cc(-c3nc(-c4cccc5ccccc45)nc(-c4cccc5ccccc45)n3)c(-c3cccc4ccccc34)cc2-n2c3cc4ccccc4cc3c3c4ccccc4ccc32)cc1. The average molecular weight is 877 g/mol. The zero-order valence-corrected chi connectivity index (χ0v) is 37.4. The average Bonchev–Trinajstić information content (AvgIpc) is 3.75. The van der Waals surface area contributed by atoms with Crippen molar-refractivity contribution >= 4 is 75.7 Å². The zero-order chi connectivity index (χ0) is 45.4. The van der Waals surface area contributed by atoms with Crippen molar-refractivity contribution in [1.29, 1.82) is 0 Å². The van der Waals surface area contributed by atoms with E-state index in [0.29, 0.717) is 17.5 Å². The van der Waals surface area contributed by atoms with E-state index in [0.717, 1.165) is 88.0 Å². The number of benzene rings is 12. The topological polar surface area (TPSA) is 43.6 Å². The lowest BCUT2D eigenvalue weighted by atomic mass is 9.90. The van der Waals surface area contributed by atoms with Crippen LogP contribution in [0.5, 0.6) is 0 Å². The summed E-state index contributed by atoms with van der Waals surface area (Å²) in [7, 11) is 0. The van der Waals surface area contributed by atoms with Gasteiger partial charge in [-0.05, 0) is 101 Å². The van der Waals surface area contributed by atoms with Crippen LogP contribution >= 0.6 is 0 Å². The van der Waals surface area contributed by atoms with E-state index >= 15 is 0 Å². The van der Waals surface area contributed by atoms with Crippen molar-refractivity contribution in [3.05, 3.63) is 243 Å². The van der Waals surface area contributed by atoms with Crippen LogP contribution in [0.4, 0.5) is 0 Å². The van der Waals surface area contributed by atoms with Crippen LogP contribution in [0.2, 0.25) is 0 Å². The third-order valence-electron chi connectivity index (χ3n) is 14.0. The molecule has 0 bridgehead atoms. The monoisotopic (exact) mass is 876 g/mol. The number of nitrogens with zero attached hydrogens (tertiary/aromatic N) is 4. The minimum Gasteiger partial charge on any atom is -0.309 e. The van der Waals surface area contributed by atoms with Crippen molar-refractivity contribution in [3.63, 3.8) is 0 Å². The molecule has 0 spiro atoms. The summed E-state index contributed by atoms with van der Waals surface area (Å²) in [6.45, 7) is 0. The van der Waals surface area contributed by atoms with Crippen molar-refractivity contribution in [2.45, 2.75) is 0 Å². The second kappa shape index (κ2) is 15.7. The first-order valence-electron chi connectivity index (χ1n) is 23.5. The highest BCUT2D eigenvalue weighted by Gasteiger charge is 2.25. The van der Waals surface area contributed by atoms with Crippen molar-refractivity contribution in [2.75, 3.05) is 0 Å². The Kier molecular flexibility index (Phi) is 8.86. The normalized spacial score (nSPS) is 11.8. The molecule has 2 heterocycles. The molecule has 0 fully saturated rings. The third-order valence-corrected chi connectivity index (χ3v) is 14.0. The van der Waals surface area contributed by atoms with Gasteiger partial charge in [0.2, 0.25) is 0 Å². The summed E-state index contributed by atoms with van der Waals surface area (Å²) in [4.78, 5) is 16.5. The van der Waals surface area contributed by atoms with E-state index in [1.54, 1.807) is 0 Å². The molecule has 14 rings (SSSR count). The molecule has 0 aliphatic heterocycles. The van der Waals surface area contributed by atoms with E-state index < -0.39 is 0 Å². The maximum absolute atomic E-state index is 5.56. The van der Waals surface area contributed by atoms with E-state index in [2.05, 4.69) is 247 Å². The summed E-state index contributed by atoms with van der Waals surface area (Å²) in [6.07, 6.45) is 0. The molecule has 0 saturated carbocycles. The number of fused-ring (bicyclic) bond motifs is 9. The van der Waals surface area contributed by atoms with Crippen molar-refractivity contribution < 1.29 is 0 Å². The third kappa shape index (κ3) is 6.34. The van der Waals surface area contributed by atoms with Crippen LogP contribution in [0.25, 0.3) is 138 Å². The van der Waals surface area contributed by atoms with Gasteiger partial charge in [0.25, 0.3) is 0 Å². The molecule has 14 aromatic rings. The van der Waals surface area contributed by atoms with Gasteiger partial charge in [-0.25, -0.2) is 15.0 Å². The molecule has 2 aromatic heterocycles.